The summed E-state index contributed by atoms with van der Waals surface area (Å²) in [6, 6.07) is 8.40. The largest absolute Gasteiger partial charge is 0.294 e. The smallest absolute Gasteiger partial charge is 0.167 e. The van der Waals surface area contributed by atoms with Gasteiger partial charge in [0.05, 0.1) is 0 Å². The first-order valence-corrected chi connectivity index (χ1v) is 7.64. The molecule has 0 aromatic heterocycles. The summed E-state index contributed by atoms with van der Waals surface area (Å²) < 4.78 is 0. The van der Waals surface area contributed by atoms with E-state index in [0.29, 0.717) is 11.7 Å². The summed E-state index contributed by atoms with van der Waals surface area (Å²) in [4.78, 5) is 15.0. The van der Waals surface area contributed by atoms with Gasteiger partial charge in [0.25, 0.3) is 0 Å². The molecule has 1 heterocycles. The van der Waals surface area contributed by atoms with Crippen LogP contribution in [0.25, 0.3) is 0 Å². The van der Waals surface area contributed by atoms with Crippen molar-refractivity contribution in [2.45, 2.75) is 32.1 Å². The predicted octanol–water partition coefficient (Wildman–Crippen LogP) is 4.39. The zero-order valence-electron chi connectivity index (χ0n) is 11.6. The van der Waals surface area contributed by atoms with E-state index < -0.39 is 0 Å². The number of benzene rings is 1. The Hall–Kier alpha value is -1.28. The third-order valence-corrected chi connectivity index (χ3v) is 5.21. The first kappa shape index (κ1) is 12.7. The highest BCUT2D eigenvalue weighted by molar-refractivity contribution is 8.03. The molecular formula is C17H18OS. The summed E-state index contributed by atoms with van der Waals surface area (Å²) in [5.74, 6) is 0.804. The maximum atomic E-state index is 12.6. The Morgan fingerprint density at radius 1 is 1.26 bits per heavy atom. The normalized spacial score (nSPS) is 22.2. The zero-order valence-corrected chi connectivity index (χ0v) is 12.4. The van der Waals surface area contributed by atoms with Crippen molar-refractivity contribution in [3.63, 3.8) is 0 Å². The van der Waals surface area contributed by atoms with Crippen molar-refractivity contribution >= 4 is 17.5 Å². The summed E-state index contributed by atoms with van der Waals surface area (Å²) >= 11 is 1.75. The molecule has 0 bridgehead atoms. The molecule has 1 aliphatic carbocycles. The summed E-state index contributed by atoms with van der Waals surface area (Å²) in [5.41, 5.74) is 3.57. The molecule has 2 aliphatic rings. The van der Waals surface area contributed by atoms with Gasteiger partial charge in [-0.05, 0) is 23.6 Å². The topological polar surface area (TPSA) is 17.1 Å². The number of ketones is 1. The highest BCUT2D eigenvalue weighted by Crippen LogP contribution is 2.44. The molecule has 0 fully saturated rings. The van der Waals surface area contributed by atoms with Gasteiger partial charge in [-0.1, -0.05) is 56.3 Å². The number of hydrogen-bond donors (Lipinski definition) is 0. The van der Waals surface area contributed by atoms with Gasteiger partial charge in [-0.3, -0.25) is 4.79 Å². The molecular weight excluding hydrogens is 252 g/mol. The van der Waals surface area contributed by atoms with Crippen LogP contribution in [-0.2, 0) is 11.2 Å². The number of fused-ring (bicyclic) bond motifs is 1. The number of thioether (sulfide) groups is 1. The molecule has 0 saturated heterocycles. The maximum Gasteiger partial charge on any atom is 0.167 e. The molecule has 0 spiro atoms. The quantitative estimate of drug-likeness (QED) is 0.753. The number of carbonyl (C=O) groups is 1. The Kier molecular flexibility index (Phi) is 3.14. The third-order valence-electron chi connectivity index (χ3n) is 4.01. The summed E-state index contributed by atoms with van der Waals surface area (Å²) in [5, 5.41) is 0. The molecule has 3 rings (SSSR count). The second-order valence-corrected chi connectivity index (χ2v) is 6.70. The standard InChI is InChI=1S/C17H18OS/c1-10(2)13-9-16-14(17(18)11(13)3)8-12-6-4-5-7-15(12)19-16/h4-7,9-11H,8H2,1-3H3. The van der Waals surface area contributed by atoms with Crippen molar-refractivity contribution in [1.29, 1.82) is 0 Å². The van der Waals surface area contributed by atoms with E-state index in [1.54, 1.807) is 11.8 Å². The maximum absolute atomic E-state index is 12.6. The van der Waals surface area contributed by atoms with Gasteiger partial charge in [-0.25, -0.2) is 0 Å². The minimum absolute atomic E-state index is 0.0459. The van der Waals surface area contributed by atoms with Gasteiger partial charge in [0.1, 0.15) is 0 Å². The van der Waals surface area contributed by atoms with E-state index in [0.717, 1.165) is 12.0 Å². The second kappa shape index (κ2) is 4.68. The Balaban J connectivity index is 2.06. The van der Waals surface area contributed by atoms with Gasteiger partial charge in [-0.15, -0.1) is 0 Å². The average Bonchev–Trinajstić information content (AvgIpc) is 2.41. The Morgan fingerprint density at radius 2 is 2.00 bits per heavy atom. The zero-order chi connectivity index (χ0) is 13.6. The fraction of sp³-hybridized carbons (Fsp3) is 0.353. The van der Waals surface area contributed by atoms with Crippen LogP contribution in [0.3, 0.4) is 0 Å². The molecule has 0 saturated carbocycles. The van der Waals surface area contributed by atoms with Crippen molar-refractivity contribution in [3.05, 3.63) is 52.0 Å². The molecule has 19 heavy (non-hydrogen) atoms. The molecule has 1 aromatic rings. The van der Waals surface area contributed by atoms with Crippen LogP contribution in [0.15, 0.2) is 51.3 Å². The first-order chi connectivity index (χ1) is 9.08. The minimum atomic E-state index is 0.0459. The van der Waals surface area contributed by atoms with Crippen LogP contribution < -0.4 is 0 Å². The van der Waals surface area contributed by atoms with Crippen LogP contribution in [0.5, 0.6) is 0 Å². The van der Waals surface area contributed by atoms with E-state index >= 15 is 0 Å². The van der Waals surface area contributed by atoms with Gasteiger partial charge in [0.2, 0.25) is 0 Å². The number of rotatable bonds is 1. The predicted molar refractivity (Wildman–Crippen MR) is 80.1 cm³/mol. The molecule has 2 heteroatoms. The van der Waals surface area contributed by atoms with Crippen molar-refractivity contribution in [2.24, 2.45) is 11.8 Å². The SMILES string of the molecule is CC(C)C1=CC2=C(Cc3ccccc3S2)C(=O)C1C. The molecule has 1 nitrogen and oxygen atoms in total. The van der Waals surface area contributed by atoms with Gasteiger partial charge >= 0.3 is 0 Å². The van der Waals surface area contributed by atoms with E-state index in [2.05, 4.69) is 44.2 Å². The highest BCUT2D eigenvalue weighted by Gasteiger charge is 2.32. The van der Waals surface area contributed by atoms with E-state index in [9.17, 15) is 4.79 Å². The van der Waals surface area contributed by atoms with Crippen molar-refractivity contribution in [2.75, 3.05) is 0 Å². The lowest BCUT2D eigenvalue weighted by molar-refractivity contribution is -0.118. The molecule has 1 atom stereocenters. The van der Waals surface area contributed by atoms with Gasteiger partial charge < -0.3 is 0 Å². The fourth-order valence-electron chi connectivity index (χ4n) is 2.89. The Bertz CT molecular complexity index is 607. The lowest BCUT2D eigenvalue weighted by atomic mass is 9.80. The van der Waals surface area contributed by atoms with E-state index in [1.807, 2.05) is 6.92 Å². The van der Waals surface area contributed by atoms with Crippen molar-refractivity contribution in [1.82, 2.24) is 0 Å². The Labute approximate surface area is 118 Å². The summed E-state index contributed by atoms with van der Waals surface area (Å²) in [6.07, 6.45) is 3.05. The van der Waals surface area contributed by atoms with Crippen LogP contribution in [0.2, 0.25) is 0 Å². The minimum Gasteiger partial charge on any atom is -0.294 e. The number of allylic oxidation sites excluding steroid dienone is 3. The molecule has 1 unspecified atom stereocenters. The molecule has 0 amide bonds. The molecule has 0 N–H and O–H groups in total. The third kappa shape index (κ3) is 2.08. The van der Waals surface area contributed by atoms with E-state index in [1.165, 1.54) is 20.9 Å². The van der Waals surface area contributed by atoms with Crippen LogP contribution in [-0.4, -0.2) is 5.78 Å². The number of Topliss-reactive ketones (excluding diaryl/α,β-unsaturated/α-hetero) is 1. The van der Waals surface area contributed by atoms with Gasteiger partial charge in [0, 0.05) is 27.7 Å². The van der Waals surface area contributed by atoms with Crippen LogP contribution in [0.4, 0.5) is 0 Å². The fourth-order valence-corrected chi connectivity index (χ4v) is 4.03. The van der Waals surface area contributed by atoms with Crippen molar-refractivity contribution in [3.8, 4) is 0 Å². The lowest BCUT2D eigenvalue weighted by Crippen LogP contribution is -2.25. The monoisotopic (exact) mass is 270 g/mol. The first-order valence-electron chi connectivity index (χ1n) is 6.82. The molecule has 1 aromatic carbocycles. The highest BCUT2D eigenvalue weighted by atomic mass is 32.2. The molecule has 98 valence electrons. The molecule has 0 radical (unpaired) electrons. The van der Waals surface area contributed by atoms with Gasteiger partial charge in [-0.2, -0.15) is 0 Å². The number of hydrogen-bond acceptors (Lipinski definition) is 2. The van der Waals surface area contributed by atoms with Crippen molar-refractivity contribution < 1.29 is 4.79 Å². The Morgan fingerprint density at radius 3 is 2.74 bits per heavy atom. The second-order valence-electron chi connectivity index (χ2n) is 5.61. The van der Waals surface area contributed by atoms with Crippen LogP contribution in [0.1, 0.15) is 26.3 Å². The van der Waals surface area contributed by atoms with Gasteiger partial charge in [0.15, 0.2) is 5.78 Å². The van der Waals surface area contributed by atoms with E-state index in [-0.39, 0.29) is 5.92 Å². The van der Waals surface area contributed by atoms with E-state index in [4.69, 9.17) is 0 Å². The number of carbonyl (C=O) groups excluding carboxylic acids is 1. The van der Waals surface area contributed by atoms with Crippen LogP contribution in [0, 0.1) is 11.8 Å². The lowest BCUT2D eigenvalue weighted by Gasteiger charge is -2.29. The molecule has 1 aliphatic heterocycles. The summed E-state index contributed by atoms with van der Waals surface area (Å²) in [7, 11) is 0. The summed E-state index contributed by atoms with van der Waals surface area (Å²) in [6.45, 7) is 6.38. The van der Waals surface area contributed by atoms with Crippen LogP contribution >= 0.6 is 11.8 Å². The average molecular weight is 270 g/mol.